The molecule has 1 atom stereocenters. The van der Waals surface area contributed by atoms with Gasteiger partial charge in [-0.3, -0.25) is 0 Å². The van der Waals surface area contributed by atoms with E-state index in [4.69, 9.17) is 11.6 Å². The summed E-state index contributed by atoms with van der Waals surface area (Å²) in [5.41, 5.74) is 2.72. The zero-order valence-electron chi connectivity index (χ0n) is 13.7. The van der Waals surface area contributed by atoms with E-state index in [0.29, 0.717) is 22.6 Å². The fourth-order valence-corrected chi connectivity index (χ4v) is 2.80. The Bertz CT molecular complexity index is 1070. The Kier molecular flexibility index (Phi) is 4.22. The van der Waals surface area contributed by atoms with E-state index in [1.165, 1.54) is 6.20 Å². The molecule has 4 aromatic rings. The van der Waals surface area contributed by atoms with Gasteiger partial charge in [-0.15, -0.1) is 0 Å². The monoisotopic (exact) mass is 368 g/mol. The zero-order chi connectivity index (χ0) is 18.1. The van der Waals surface area contributed by atoms with E-state index >= 15 is 0 Å². The van der Waals surface area contributed by atoms with Gasteiger partial charge in [0, 0.05) is 6.20 Å². The number of H-pyrrole nitrogens is 1. The Morgan fingerprint density at radius 1 is 1.12 bits per heavy atom. The van der Waals surface area contributed by atoms with Crippen molar-refractivity contribution in [1.82, 2.24) is 24.9 Å². The van der Waals surface area contributed by atoms with Gasteiger partial charge in [-0.2, -0.15) is 0 Å². The molecule has 0 saturated heterocycles. The lowest BCUT2D eigenvalue weighted by atomic mass is 10.1. The summed E-state index contributed by atoms with van der Waals surface area (Å²) in [4.78, 5) is 19.8. The molecule has 0 bridgehead atoms. The van der Waals surface area contributed by atoms with E-state index in [9.17, 15) is 4.39 Å². The average Bonchev–Trinajstić information content (AvgIpc) is 3.07. The highest BCUT2D eigenvalue weighted by Gasteiger charge is 2.16. The van der Waals surface area contributed by atoms with Crippen molar-refractivity contribution >= 4 is 28.6 Å². The highest BCUT2D eigenvalue weighted by atomic mass is 35.5. The van der Waals surface area contributed by atoms with Crippen LogP contribution in [0.3, 0.4) is 0 Å². The molecule has 0 fully saturated rings. The SMILES string of the molecule is C[C@H](Nc1nc(-c2c[nH]c3ncc(Cl)nc23)ncc1F)c1ccccc1. The fraction of sp³-hybridized carbons (Fsp3) is 0.111. The lowest BCUT2D eigenvalue weighted by molar-refractivity contribution is 0.614. The first-order chi connectivity index (χ1) is 12.6. The minimum atomic E-state index is -0.527. The van der Waals surface area contributed by atoms with Crippen LogP contribution in [0.5, 0.6) is 0 Å². The lowest BCUT2D eigenvalue weighted by Gasteiger charge is -2.15. The summed E-state index contributed by atoms with van der Waals surface area (Å²) in [6.07, 6.45) is 4.27. The number of aromatic nitrogens is 5. The van der Waals surface area contributed by atoms with Crippen molar-refractivity contribution in [3.05, 3.63) is 65.5 Å². The maximum absolute atomic E-state index is 14.2. The summed E-state index contributed by atoms with van der Waals surface area (Å²) in [6.45, 7) is 1.94. The molecule has 26 heavy (non-hydrogen) atoms. The number of nitrogens with zero attached hydrogens (tertiary/aromatic N) is 4. The summed E-state index contributed by atoms with van der Waals surface area (Å²) in [7, 11) is 0. The van der Waals surface area contributed by atoms with Crippen molar-refractivity contribution in [2.45, 2.75) is 13.0 Å². The van der Waals surface area contributed by atoms with Crippen molar-refractivity contribution in [2.24, 2.45) is 0 Å². The maximum atomic E-state index is 14.2. The molecule has 4 rings (SSSR count). The number of benzene rings is 1. The third kappa shape index (κ3) is 3.09. The Balaban J connectivity index is 1.71. The summed E-state index contributed by atoms with van der Waals surface area (Å²) < 4.78 is 14.2. The second kappa shape index (κ2) is 6.68. The Labute approximate surface area is 153 Å². The van der Waals surface area contributed by atoms with Crippen LogP contribution >= 0.6 is 11.6 Å². The van der Waals surface area contributed by atoms with Crippen LogP contribution in [-0.4, -0.2) is 24.9 Å². The fourth-order valence-electron chi connectivity index (χ4n) is 2.67. The number of halogens is 2. The average molecular weight is 369 g/mol. The quantitative estimate of drug-likeness (QED) is 0.558. The molecule has 0 amide bonds. The largest absolute Gasteiger partial charge is 0.361 e. The maximum Gasteiger partial charge on any atom is 0.183 e. The van der Waals surface area contributed by atoms with Gasteiger partial charge in [0.1, 0.15) is 10.7 Å². The first-order valence-electron chi connectivity index (χ1n) is 7.96. The normalized spacial score (nSPS) is 12.3. The van der Waals surface area contributed by atoms with Crippen LogP contribution in [-0.2, 0) is 0 Å². The Hall–Kier alpha value is -3.06. The topological polar surface area (TPSA) is 79.4 Å². The number of rotatable bonds is 4. The number of hydrogen-bond acceptors (Lipinski definition) is 5. The van der Waals surface area contributed by atoms with Crippen LogP contribution in [0.1, 0.15) is 18.5 Å². The van der Waals surface area contributed by atoms with Gasteiger partial charge in [-0.05, 0) is 12.5 Å². The van der Waals surface area contributed by atoms with Gasteiger partial charge in [0.05, 0.1) is 24.0 Å². The van der Waals surface area contributed by atoms with Crippen LogP contribution in [0, 0.1) is 5.82 Å². The minimum Gasteiger partial charge on any atom is -0.361 e. The predicted molar refractivity (Wildman–Crippen MR) is 98.4 cm³/mol. The van der Waals surface area contributed by atoms with Crippen LogP contribution in [0.15, 0.2) is 48.9 Å². The lowest BCUT2D eigenvalue weighted by Crippen LogP contribution is -2.10. The molecule has 8 heteroatoms. The molecule has 0 aliphatic rings. The van der Waals surface area contributed by atoms with E-state index in [-0.39, 0.29) is 17.0 Å². The molecule has 0 unspecified atom stereocenters. The van der Waals surface area contributed by atoms with E-state index in [2.05, 4.69) is 30.2 Å². The smallest absolute Gasteiger partial charge is 0.183 e. The van der Waals surface area contributed by atoms with E-state index in [0.717, 1.165) is 11.8 Å². The highest BCUT2D eigenvalue weighted by molar-refractivity contribution is 6.29. The third-order valence-electron chi connectivity index (χ3n) is 3.99. The van der Waals surface area contributed by atoms with Crippen molar-refractivity contribution < 1.29 is 4.39 Å². The predicted octanol–water partition coefficient (Wildman–Crippen LogP) is 4.38. The van der Waals surface area contributed by atoms with Gasteiger partial charge in [-0.25, -0.2) is 24.3 Å². The van der Waals surface area contributed by atoms with Crippen molar-refractivity contribution in [1.29, 1.82) is 0 Å². The number of hydrogen-bond donors (Lipinski definition) is 2. The molecule has 2 N–H and O–H groups in total. The molecule has 0 radical (unpaired) electrons. The van der Waals surface area contributed by atoms with Crippen molar-refractivity contribution in [3.8, 4) is 11.4 Å². The second-order valence-electron chi connectivity index (χ2n) is 5.76. The molecule has 3 aromatic heterocycles. The van der Waals surface area contributed by atoms with Gasteiger partial charge in [0.2, 0.25) is 0 Å². The van der Waals surface area contributed by atoms with Gasteiger partial charge < -0.3 is 10.3 Å². The van der Waals surface area contributed by atoms with Crippen molar-refractivity contribution in [3.63, 3.8) is 0 Å². The summed E-state index contributed by atoms with van der Waals surface area (Å²) >= 11 is 5.93. The van der Waals surface area contributed by atoms with Crippen LogP contribution in [0.4, 0.5) is 10.2 Å². The molecule has 0 saturated carbocycles. The van der Waals surface area contributed by atoms with Gasteiger partial charge in [0.25, 0.3) is 0 Å². The molecular formula is C18H14ClFN6. The van der Waals surface area contributed by atoms with E-state index in [1.807, 2.05) is 37.3 Å². The molecule has 0 aliphatic heterocycles. The summed E-state index contributed by atoms with van der Waals surface area (Å²) in [5.74, 6) is -0.0758. The van der Waals surface area contributed by atoms with Crippen LogP contribution < -0.4 is 5.32 Å². The number of anilines is 1. The number of nitrogens with one attached hydrogen (secondary N) is 2. The Morgan fingerprint density at radius 2 is 1.92 bits per heavy atom. The number of fused-ring (bicyclic) bond motifs is 1. The first-order valence-corrected chi connectivity index (χ1v) is 8.33. The summed E-state index contributed by atoms with van der Waals surface area (Å²) in [6, 6.07) is 9.62. The van der Waals surface area contributed by atoms with Gasteiger partial charge in [0.15, 0.2) is 23.1 Å². The standard InChI is InChI=1S/C18H14ClFN6/c1-10(11-5-3-2-4-6-11)24-17-13(20)8-22-16(26-17)12-7-21-18-15(12)25-14(19)9-23-18/h2-10H,1H3,(H,21,23)(H,22,24,26)/t10-/m0/s1. The Morgan fingerprint density at radius 3 is 2.73 bits per heavy atom. The highest BCUT2D eigenvalue weighted by Crippen LogP contribution is 2.27. The molecular weight excluding hydrogens is 355 g/mol. The van der Waals surface area contributed by atoms with E-state index < -0.39 is 5.82 Å². The first kappa shape index (κ1) is 16.4. The molecule has 6 nitrogen and oxygen atoms in total. The second-order valence-corrected chi connectivity index (χ2v) is 6.15. The molecule has 0 spiro atoms. The molecule has 1 aromatic carbocycles. The van der Waals surface area contributed by atoms with Gasteiger partial charge >= 0.3 is 0 Å². The van der Waals surface area contributed by atoms with Crippen LogP contribution in [0.2, 0.25) is 5.15 Å². The third-order valence-corrected chi connectivity index (χ3v) is 4.17. The zero-order valence-corrected chi connectivity index (χ0v) is 14.5. The summed E-state index contributed by atoms with van der Waals surface area (Å²) in [5, 5.41) is 3.35. The molecule has 0 aliphatic carbocycles. The van der Waals surface area contributed by atoms with Crippen molar-refractivity contribution in [2.75, 3.05) is 5.32 Å². The molecule has 130 valence electrons. The molecule has 3 heterocycles. The number of aromatic amines is 1. The van der Waals surface area contributed by atoms with Crippen LogP contribution in [0.25, 0.3) is 22.6 Å². The van der Waals surface area contributed by atoms with E-state index in [1.54, 1.807) is 6.20 Å². The van der Waals surface area contributed by atoms with Gasteiger partial charge in [-0.1, -0.05) is 41.9 Å². The minimum absolute atomic E-state index is 0.120.